The Hall–Kier alpha value is -0.300. The van der Waals surface area contributed by atoms with E-state index in [1.165, 1.54) is 64.2 Å². The Kier molecular flexibility index (Phi) is 8.87. The van der Waals surface area contributed by atoms with E-state index in [1.54, 1.807) is 0 Å². The van der Waals surface area contributed by atoms with Crippen molar-refractivity contribution in [1.82, 2.24) is 0 Å². The van der Waals surface area contributed by atoms with Crippen LogP contribution in [0, 0.1) is 29.6 Å². The van der Waals surface area contributed by atoms with Crippen LogP contribution in [-0.2, 0) is 4.74 Å². The van der Waals surface area contributed by atoms with Crippen molar-refractivity contribution in [3.63, 3.8) is 0 Å². The average molecular weight is 335 g/mol. The Balaban J connectivity index is 1.75. The molecule has 0 aromatic rings. The predicted molar refractivity (Wildman–Crippen MR) is 105 cm³/mol. The van der Waals surface area contributed by atoms with E-state index in [4.69, 9.17) is 4.74 Å². The minimum atomic E-state index is 0.501. The van der Waals surface area contributed by atoms with Gasteiger partial charge < -0.3 is 4.74 Å². The van der Waals surface area contributed by atoms with Gasteiger partial charge in [-0.1, -0.05) is 59.1 Å². The summed E-state index contributed by atoms with van der Waals surface area (Å²) in [5, 5.41) is 0. The minimum absolute atomic E-state index is 0.501. The van der Waals surface area contributed by atoms with Crippen molar-refractivity contribution in [2.75, 3.05) is 6.61 Å². The zero-order valence-corrected chi connectivity index (χ0v) is 16.8. The maximum atomic E-state index is 6.16. The maximum absolute atomic E-state index is 6.16. The van der Waals surface area contributed by atoms with E-state index < -0.39 is 0 Å². The Morgan fingerprint density at radius 3 is 2.25 bits per heavy atom. The van der Waals surface area contributed by atoms with E-state index in [0.717, 1.165) is 30.3 Å². The normalized spacial score (nSPS) is 37.8. The van der Waals surface area contributed by atoms with Gasteiger partial charge in [-0.15, -0.1) is 0 Å². The molecular formula is C23H42O. The molecule has 0 bridgehead atoms. The van der Waals surface area contributed by atoms with Crippen LogP contribution in [0.2, 0.25) is 0 Å². The first-order valence-corrected chi connectivity index (χ1v) is 11.0. The molecule has 2 aliphatic carbocycles. The fourth-order valence-corrected chi connectivity index (χ4v) is 4.87. The highest BCUT2D eigenvalue weighted by molar-refractivity contribution is 4.99. The van der Waals surface area contributed by atoms with Crippen LogP contribution in [0.3, 0.4) is 0 Å². The third kappa shape index (κ3) is 5.90. The third-order valence-corrected chi connectivity index (χ3v) is 6.92. The van der Waals surface area contributed by atoms with Crippen molar-refractivity contribution in [2.24, 2.45) is 29.6 Å². The first-order chi connectivity index (χ1) is 11.7. The maximum Gasteiger partial charge on any atom is 0.0603 e. The fourth-order valence-electron chi connectivity index (χ4n) is 4.87. The highest BCUT2D eigenvalue weighted by Gasteiger charge is 2.33. The van der Waals surface area contributed by atoms with E-state index >= 15 is 0 Å². The van der Waals surface area contributed by atoms with Crippen molar-refractivity contribution in [3.05, 3.63) is 12.2 Å². The second-order valence-corrected chi connectivity index (χ2v) is 8.68. The van der Waals surface area contributed by atoms with Crippen molar-refractivity contribution in [1.29, 1.82) is 0 Å². The topological polar surface area (TPSA) is 9.23 Å². The first kappa shape index (κ1) is 20.0. The fraction of sp³-hybridized carbons (Fsp3) is 0.913. The van der Waals surface area contributed by atoms with Crippen molar-refractivity contribution >= 4 is 0 Å². The van der Waals surface area contributed by atoms with Crippen LogP contribution >= 0.6 is 0 Å². The summed E-state index contributed by atoms with van der Waals surface area (Å²) >= 11 is 0. The second-order valence-electron chi connectivity index (χ2n) is 8.68. The van der Waals surface area contributed by atoms with Crippen molar-refractivity contribution in [2.45, 2.75) is 98.0 Å². The summed E-state index contributed by atoms with van der Waals surface area (Å²) in [6, 6.07) is 0. The Labute approximate surface area is 151 Å². The Bertz CT molecular complexity index is 353. The minimum Gasteiger partial charge on any atom is -0.378 e. The van der Waals surface area contributed by atoms with Gasteiger partial charge in [0.25, 0.3) is 0 Å². The molecule has 1 nitrogen and oxygen atoms in total. The van der Waals surface area contributed by atoms with Gasteiger partial charge in [0.2, 0.25) is 0 Å². The summed E-state index contributed by atoms with van der Waals surface area (Å²) in [7, 11) is 0. The van der Waals surface area contributed by atoms with Crippen LogP contribution in [0.25, 0.3) is 0 Å². The molecule has 0 amide bonds. The van der Waals surface area contributed by atoms with Gasteiger partial charge in [-0.05, 0) is 74.5 Å². The highest BCUT2D eigenvalue weighted by atomic mass is 16.5. The lowest BCUT2D eigenvalue weighted by Crippen LogP contribution is -2.36. The molecule has 0 spiro atoms. The van der Waals surface area contributed by atoms with Gasteiger partial charge in [-0.2, -0.15) is 0 Å². The quantitative estimate of drug-likeness (QED) is 0.342. The van der Waals surface area contributed by atoms with Gasteiger partial charge in [-0.25, -0.2) is 0 Å². The summed E-state index contributed by atoms with van der Waals surface area (Å²) < 4.78 is 6.16. The number of rotatable bonds is 8. The van der Waals surface area contributed by atoms with Crippen LogP contribution in [-0.4, -0.2) is 12.7 Å². The van der Waals surface area contributed by atoms with Gasteiger partial charge in [-0.3, -0.25) is 0 Å². The number of hydrogen-bond acceptors (Lipinski definition) is 1. The number of allylic oxidation sites excluding steroid dienone is 2. The number of ether oxygens (including phenoxy) is 1. The molecule has 4 unspecified atom stereocenters. The van der Waals surface area contributed by atoms with Gasteiger partial charge >= 0.3 is 0 Å². The zero-order valence-electron chi connectivity index (χ0n) is 16.8. The molecule has 1 heteroatoms. The van der Waals surface area contributed by atoms with Crippen LogP contribution in [0.5, 0.6) is 0 Å². The highest BCUT2D eigenvalue weighted by Crippen LogP contribution is 2.38. The van der Waals surface area contributed by atoms with Gasteiger partial charge in [0.15, 0.2) is 0 Å². The standard InChI is InChI=1S/C23H42O/c1-5-7-17-24-23-16-15-22(18(3)19(23)4)14-13-21-11-9-20(8-6-2)10-12-21/h13-14,18-23H,5-12,15-17H2,1-4H3. The molecule has 0 aliphatic heterocycles. The van der Waals surface area contributed by atoms with Crippen LogP contribution in [0.1, 0.15) is 91.9 Å². The molecule has 2 fully saturated rings. The molecule has 0 N–H and O–H groups in total. The molecule has 4 atom stereocenters. The Morgan fingerprint density at radius 1 is 0.833 bits per heavy atom. The summed E-state index contributed by atoms with van der Waals surface area (Å²) in [6.45, 7) is 10.4. The average Bonchev–Trinajstić information content (AvgIpc) is 2.60. The summed E-state index contributed by atoms with van der Waals surface area (Å²) in [5.74, 6) is 4.12. The van der Waals surface area contributed by atoms with E-state index in [0.29, 0.717) is 12.0 Å². The summed E-state index contributed by atoms with van der Waals surface area (Å²) in [6.07, 6.45) is 19.3. The van der Waals surface area contributed by atoms with E-state index in [1.807, 2.05) is 0 Å². The van der Waals surface area contributed by atoms with E-state index in [-0.39, 0.29) is 0 Å². The molecule has 2 aliphatic rings. The number of hydrogen-bond donors (Lipinski definition) is 0. The van der Waals surface area contributed by atoms with Crippen molar-refractivity contribution < 1.29 is 4.74 Å². The lowest BCUT2D eigenvalue weighted by molar-refractivity contribution is -0.0350. The molecule has 2 rings (SSSR count). The molecule has 0 aromatic carbocycles. The molecule has 0 saturated heterocycles. The first-order valence-electron chi connectivity index (χ1n) is 11.0. The third-order valence-electron chi connectivity index (χ3n) is 6.92. The SMILES string of the molecule is CCCCOC1CCC(C=CC2CCC(CCC)CC2)C(C)C1C. The smallest absolute Gasteiger partial charge is 0.0603 e. The van der Waals surface area contributed by atoms with Gasteiger partial charge in [0, 0.05) is 6.61 Å². The molecule has 0 radical (unpaired) electrons. The molecule has 0 heterocycles. The molecular weight excluding hydrogens is 292 g/mol. The molecule has 24 heavy (non-hydrogen) atoms. The number of unbranched alkanes of at least 4 members (excludes halogenated alkanes) is 1. The predicted octanol–water partition coefficient (Wildman–Crippen LogP) is 7.02. The Morgan fingerprint density at radius 2 is 1.58 bits per heavy atom. The van der Waals surface area contributed by atoms with Crippen LogP contribution in [0.4, 0.5) is 0 Å². The summed E-state index contributed by atoms with van der Waals surface area (Å²) in [5.41, 5.74) is 0. The van der Waals surface area contributed by atoms with Crippen LogP contribution < -0.4 is 0 Å². The molecule has 140 valence electrons. The van der Waals surface area contributed by atoms with Gasteiger partial charge in [0.05, 0.1) is 6.10 Å². The molecule has 0 aromatic heterocycles. The second kappa shape index (κ2) is 10.6. The lowest BCUT2D eigenvalue weighted by atomic mass is 9.71. The lowest BCUT2D eigenvalue weighted by Gasteiger charge is -2.39. The van der Waals surface area contributed by atoms with E-state index in [9.17, 15) is 0 Å². The van der Waals surface area contributed by atoms with Crippen LogP contribution in [0.15, 0.2) is 12.2 Å². The van der Waals surface area contributed by atoms with E-state index in [2.05, 4.69) is 39.8 Å². The monoisotopic (exact) mass is 334 g/mol. The largest absolute Gasteiger partial charge is 0.378 e. The van der Waals surface area contributed by atoms with Crippen molar-refractivity contribution in [3.8, 4) is 0 Å². The molecule has 2 saturated carbocycles. The zero-order chi connectivity index (χ0) is 17.4. The van der Waals surface area contributed by atoms with Gasteiger partial charge in [0.1, 0.15) is 0 Å². The summed E-state index contributed by atoms with van der Waals surface area (Å²) in [4.78, 5) is 0.